The first kappa shape index (κ1) is 24.0. The molecule has 3 N–H and O–H groups in total. The zero-order valence-electron chi connectivity index (χ0n) is 19.2. The van der Waals surface area contributed by atoms with Crippen LogP contribution < -0.4 is 21.5 Å². The molecule has 0 spiro atoms. The number of anilines is 2. The lowest BCUT2D eigenvalue weighted by atomic mass is 10.2. The quantitative estimate of drug-likeness (QED) is 0.337. The number of pyridine rings is 1. The second-order valence-corrected chi connectivity index (χ2v) is 8.46. The number of hydrogen-bond donors (Lipinski definition) is 3. The number of carbonyl (C=O) groups excluding carboxylic acids is 1. The maximum absolute atomic E-state index is 13.0. The predicted octanol–water partition coefficient (Wildman–Crippen LogP) is 4.05. The number of carbonyl (C=O) groups is 1. The van der Waals surface area contributed by atoms with Crippen molar-refractivity contribution in [1.82, 2.24) is 24.5 Å². The predicted molar refractivity (Wildman–Crippen MR) is 130 cm³/mol. The molecule has 1 fully saturated rings. The van der Waals surface area contributed by atoms with Crippen LogP contribution in [0.5, 0.6) is 0 Å². The van der Waals surface area contributed by atoms with E-state index in [0.29, 0.717) is 11.4 Å². The van der Waals surface area contributed by atoms with Crippen molar-refractivity contribution < 1.29 is 18.0 Å². The van der Waals surface area contributed by atoms with E-state index in [1.165, 1.54) is 39.9 Å². The van der Waals surface area contributed by atoms with Crippen molar-refractivity contribution in [3.8, 4) is 11.4 Å². The number of H-pyrrole nitrogens is 2. The Morgan fingerprint density at radius 1 is 1.22 bits per heavy atom. The first-order chi connectivity index (χ1) is 17.7. The van der Waals surface area contributed by atoms with Crippen LogP contribution in [0.4, 0.5) is 29.5 Å². The van der Waals surface area contributed by atoms with Gasteiger partial charge in [0.1, 0.15) is 17.2 Å². The van der Waals surface area contributed by atoms with E-state index in [9.17, 15) is 27.6 Å². The van der Waals surface area contributed by atoms with E-state index < -0.39 is 29.0 Å². The SMILES string of the molecule is C=CCN(C(=O)Nc1cccc(C(F)(F)F)c1)c1ccc(-c2nc3[nH]c(=O)n(C4CC4)c(=O)c3[nH]2)cn1. The lowest BCUT2D eigenvalue weighted by molar-refractivity contribution is -0.137. The average Bonchev–Trinajstić information content (AvgIpc) is 3.60. The van der Waals surface area contributed by atoms with Gasteiger partial charge >= 0.3 is 17.9 Å². The molecule has 4 aromatic rings. The Morgan fingerprint density at radius 2 is 2.00 bits per heavy atom. The van der Waals surface area contributed by atoms with Gasteiger partial charge in [0.15, 0.2) is 5.65 Å². The molecule has 3 heterocycles. The third-order valence-electron chi connectivity index (χ3n) is 5.79. The minimum absolute atomic E-state index is 0.0290. The molecule has 5 rings (SSSR count). The molecule has 190 valence electrons. The number of halogens is 3. The smallest absolute Gasteiger partial charge is 0.332 e. The zero-order valence-corrected chi connectivity index (χ0v) is 19.2. The van der Waals surface area contributed by atoms with E-state index in [4.69, 9.17) is 0 Å². The number of aromatic amines is 2. The van der Waals surface area contributed by atoms with E-state index >= 15 is 0 Å². The van der Waals surface area contributed by atoms with E-state index in [1.807, 2.05) is 0 Å². The molecule has 2 amide bonds. The van der Waals surface area contributed by atoms with Crippen molar-refractivity contribution in [2.75, 3.05) is 16.8 Å². The second kappa shape index (κ2) is 9.08. The molecule has 10 nitrogen and oxygen atoms in total. The molecule has 1 aliphatic carbocycles. The van der Waals surface area contributed by atoms with Gasteiger partial charge in [0, 0.05) is 30.0 Å². The number of imidazole rings is 1. The van der Waals surface area contributed by atoms with E-state index in [2.05, 4.69) is 31.8 Å². The maximum atomic E-state index is 13.0. The molecule has 1 aliphatic rings. The van der Waals surface area contributed by atoms with Crippen molar-refractivity contribution in [2.24, 2.45) is 0 Å². The summed E-state index contributed by atoms with van der Waals surface area (Å²) in [4.78, 5) is 53.1. The van der Waals surface area contributed by atoms with Gasteiger partial charge in [-0.15, -0.1) is 6.58 Å². The number of nitrogens with zero attached hydrogens (tertiary/aromatic N) is 4. The molecular weight excluding hydrogens is 491 g/mol. The summed E-state index contributed by atoms with van der Waals surface area (Å²) in [7, 11) is 0. The summed E-state index contributed by atoms with van der Waals surface area (Å²) in [5.74, 6) is 0.493. The lowest BCUT2D eigenvalue weighted by Gasteiger charge is -2.21. The van der Waals surface area contributed by atoms with Crippen molar-refractivity contribution >= 4 is 28.7 Å². The van der Waals surface area contributed by atoms with Crippen LogP contribution in [0.1, 0.15) is 24.4 Å². The standard InChI is InChI=1S/C24H20F3N7O3/c1-2-10-33(22(36)29-15-5-3-4-14(11-15)24(25,26)27)17-9-6-13(12-28-17)19-30-18-20(31-19)32-23(37)34(21(18)35)16-7-8-16/h2-6,9,11-12,16H,1,7-8,10H2,(H,29,36)(H,30,31)(H,32,37). The zero-order chi connectivity index (χ0) is 26.3. The third kappa shape index (κ3) is 4.75. The van der Waals surface area contributed by atoms with E-state index in [0.717, 1.165) is 25.0 Å². The molecule has 0 aliphatic heterocycles. The number of fused-ring (bicyclic) bond motifs is 1. The maximum Gasteiger partial charge on any atom is 0.416 e. The van der Waals surface area contributed by atoms with Crippen molar-refractivity contribution in [3.05, 3.63) is 81.7 Å². The first-order valence-electron chi connectivity index (χ1n) is 11.2. The largest absolute Gasteiger partial charge is 0.416 e. The van der Waals surface area contributed by atoms with Crippen molar-refractivity contribution in [3.63, 3.8) is 0 Å². The molecule has 0 unspecified atom stereocenters. The monoisotopic (exact) mass is 511 g/mol. The van der Waals surface area contributed by atoms with Crippen LogP contribution >= 0.6 is 0 Å². The van der Waals surface area contributed by atoms with Gasteiger partial charge in [-0.3, -0.25) is 19.2 Å². The molecule has 1 aromatic carbocycles. The number of amides is 2. The Balaban J connectivity index is 1.40. The van der Waals surface area contributed by atoms with Crippen molar-refractivity contribution in [2.45, 2.75) is 25.1 Å². The molecule has 0 bridgehead atoms. The summed E-state index contributed by atoms with van der Waals surface area (Å²) in [6, 6.07) is 6.60. The normalized spacial score (nSPS) is 13.5. The second-order valence-electron chi connectivity index (χ2n) is 8.46. The number of aromatic nitrogens is 5. The lowest BCUT2D eigenvalue weighted by Crippen LogP contribution is -2.35. The molecule has 0 atom stereocenters. The van der Waals surface area contributed by atoms with Gasteiger partial charge in [0.25, 0.3) is 5.56 Å². The minimum Gasteiger partial charge on any atom is -0.332 e. The fourth-order valence-corrected chi connectivity index (χ4v) is 3.85. The molecular formula is C24H20F3N7O3. The summed E-state index contributed by atoms with van der Waals surface area (Å²) in [5.41, 5.74) is -1.11. The van der Waals surface area contributed by atoms with Gasteiger partial charge in [-0.1, -0.05) is 12.1 Å². The van der Waals surface area contributed by atoms with Gasteiger partial charge in [-0.05, 0) is 43.2 Å². The number of rotatable bonds is 6. The number of urea groups is 1. The number of hydrogen-bond acceptors (Lipinski definition) is 5. The highest BCUT2D eigenvalue weighted by molar-refractivity contribution is 6.01. The highest BCUT2D eigenvalue weighted by Gasteiger charge is 2.31. The van der Waals surface area contributed by atoms with Gasteiger partial charge in [-0.2, -0.15) is 13.2 Å². The van der Waals surface area contributed by atoms with Gasteiger partial charge in [-0.25, -0.2) is 19.6 Å². The number of alkyl halides is 3. The Bertz CT molecular complexity index is 1620. The van der Waals surface area contributed by atoms with Crippen LogP contribution in [0.15, 0.2) is 64.8 Å². The molecule has 37 heavy (non-hydrogen) atoms. The fourth-order valence-electron chi connectivity index (χ4n) is 3.85. The Morgan fingerprint density at radius 3 is 2.65 bits per heavy atom. The fraction of sp³-hybridized carbons (Fsp3) is 0.208. The Kier molecular flexibility index (Phi) is 5.90. The van der Waals surface area contributed by atoms with Crippen molar-refractivity contribution in [1.29, 1.82) is 0 Å². The molecule has 3 aromatic heterocycles. The molecule has 0 radical (unpaired) electrons. The first-order valence-corrected chi connectivity index (χ1v) is 11.2. The van der Waals surface area contributed by atoms with Crippen LogP contribution in [0, 0.1) is 0 Å². The Labute approximate surface area is 206 Å². The highest BCUT2D eigenvalue weighted by Crippen LogP contribution is 2.32. The van der Waals surface area contributed by atoms with Gasteiger partial charge in [0.05, 0.1) is 5.56 Å². The van der Waals surface area contributed by atoms with Gasteiger partial charge in [0.2, 0.25) is 0 Å². The summed E-state index contributed by atoms with van der Waals surface area (Å²) in [6.45, 7) is 3.65. The Hall–Kier alpha value is -4.68. The summed E-state index contributed by atoms with van der Waals surface area (Å²) < 4.78 is 40.2. The number of nitrogens with one attached hydrogen (secondary N) is 3. The summed E-state index contributed by atoms with van der Waals surface area (Å²) in [5, 5.41) is 2.44. The minimum atomic E-state index is -4.55. The summed E-state index contributed by atoms with van der Waals surface area (Å²) in [6.07, 6.45) is -0.152. The molecule has 13 heteroatoms. The molecule has 1 saturated carbocycles. The molecule has 0 saturated heterocycles. The van der Waals surface area contributed by atoms with Crippen LogP contribution in [0.25, 0.3) is 22.6 Å². The van der Waals surface area contributed by atoms with Crippen LogP contribution in [-0.2, 0) is 6.18 Å². The summed E-state index contributed by atoms with van der Waals surface area (Å²) >= 11 is 0. The highest BCUT2D eigenvalue weighted by atomic mass is 19.4. The third-order valence-corrected chi connectivity index (χ3v) is 5.79. The van der Waals surface area contributed by atoms with E-state index in [1.54, 1.807) is 6.07 Å². The van der Waals surface area contributed by atoms with E-state index in [-0.39, 0.29) is 35.3 Å². The van der Waals surface area contributed by atoms with Crippen LogP contribution in [0.2, 0.25) is 0 Å². The van der Waals surface area contributed by atoms with Crippen LogP contribution in [0.3, 0.4) is 0 Å². The number of benzene rings is 1. The topological polar surface area (TPSA) is 129 Å². The van der Waals surface area contributed by atoms with Crippen LogP contribution in [-0.4, -0.2) is 37.1 Å². The van der Waals surface area contributed by atoms with Gasteiger partial charge < -0.3 is 10.3 Å². The average molecular weight is 511 g/mol.